The number of aliphatic carboxylic acids is 1. The molecule has 0 heterocycles. The fourth-order valence-corrected chi connectivity index (χ4v) is 4.16. The summed E-state index contributed by atoms with van der Waals surface area (Å²) >= 11 is 6.07. The second-order valence-electron chi connectivity index (χ2n) is 7.74. The third-order valence-electron chi connectivity index (χ3n) is 5.49. The van der Waals surface area contributed by atoms with E-state index in [2.05, 4.69) is 10.6 Å². The molecule has 34 heavy (non-hydrogen) atoms. The van der Waals surface area contributed by atoms with Crippen molar-refractivity contribution in [3.63, 3.8) is 0 Å². The number of fused-ring (bicyclic) bond motifs is 3. The number of anilines is 1. The number of hydrogen-bond acceptors (Lipinski definition) is 5. The highest BCUT2D eigenvalue weighted by atomic mass is 35.5. The molecule has 0 spiro atoms. The highest BCUT2D eigenvalue weighted by Gasteiger charge is 2.29. The first kappa shape index (κ1) is 23.3. The smallest absolute Gasteiger partial charge is 0.411 e. The van der Waals surface area contributed by atoms with Crippen molar-refractivity contribution in [3.05, 3.63) is 88.4 Å². The minimum atomic E-state index is -1.73. The molecule has 1 atom stereocenters. The van der Waals surface area contributed by atoms with Crippen LogP contribution in [0.15, 0.2) is 66.7 Å². The van der Waals surface area contributed by atoms with Gasteiger partial charge >= 0.3 is 12.1 Å². The zero-order chi connectivity index (χ0) is 24.2. The number of aliphatic hydroxyl groups excluding tert-OH is 1. The topological polar surface area (TPSA) is 125 Å². The number of carboxylic acids is 1. The number of carbonyl (C=O) groups is 3. The molecule has 1 aliphatic carbocycles. The molecule has 0 aliphatic heterocycles. The molecule has 1 aliphatic rings. The normalized spacial score (nSPS) is 12.9. The first-order valence-electron chi connectivity index (χ1n) is 10.4. The monoisotopic (exact) mass is 480 g/mol. The Balaban J connectivity index is 1.41. The quantitative estimate of drug-likeness (QED) is 0.407. The molecule has 4 rings (SSSR count). The number of carbonyl (C=O) groups excluding carboxylic acids is 2. The molecule has 4 N–H and O–H groups in total. The molecule has 9 heteroatoms. The summed E-state index contributed by atoms with van der Waals surface area (Å²) in [5.74, 6) is -2.21. The highest BCUT2D eigenvalue weighted by Crippen LogP contribution is 2.44. The zero-order valence-corrected chi connectivity index (χ0v) is 18.6. The third kappa shape index (κ3) is 5.03. The number of benzene rings is 3. The van der Waals surface area contributed by atoms with Crippen LogP contribution in [-0.4, -0.2) is 47.4 Å². The number of aliphatic hydroxyl groups is 1. The van der Waals surface area contributed by atoms with E-state index in [0.29, 0.717) is 0 Å². The lowest BCUT2D eigenvalue weighted by atomic mass is 9.98. The fourth-order valence-electron chi connectivity index (χ4n) is 3.92. The minimum Gasteiger partial charge on any atom is -0.479 e. The van der Waals surface area contributed by atoms with Crippen molar-refractivity contribution in [2.75, 3.05) is 18.5 Å². The Bertz CT molecular complexity index is 1220. The predicted octanol–water partition coefficient (Wildman–Crippen LogP) is 3.88. The number of ether oxygens (including phenoxy) is 1. The summed E-state index contributed by atoms with van der Waals surface area (Å²) in [4.78, 5) is 35.5. The van der Waals surface area contributed by atoms with Crippen LogP contribution in [0.25, 0.3) is 11.1 Å². The standard InChI is InChI=1S/C25H21ClN2O6/c26-15-9-14(23(30)27-12-22(29)24(31)32)10-16(11-15)28-25(33)34-13-21-19-7-3-1-5-17(19)18-6-2-4-8-20(18)21/h1-11,21-22,29H,12-13H2,(H,27,30)(H,28,33)(H,31,32)/t22-/m0/s1. The Hall–Kier alpha value is -3.88. The van der Waals surface area contributed by atoms with E-state index in [-0.39, 0.29) is 28.8 Å². The number of hydrogen-bond donors (Lipinski definition) is 4. The third-order valence-corrected chi connectivity index (χ3v) is 5.71. The number of nitrogens with one attached hydrogen (secondary N) is 2. The molecule has 0 saturated heterocycles. The Morgan fingerprint density at radius 3 is 2.21 bits per heavy atom. The second kappa shape index (κ2) is 9.94. The van der Waals surface area contributed by atoms with E-state index in [0.717, 1.165) is 22.3 Å². The van der Waals surface area contributed by atoms with Gasteiger partial charge in [0.1, 0.15) is 6.61 Å². The van der Waals surface area contributed by atoms with E-state index < -0.39 is 30.6 Å². The molecule has 3 aromatic carbocycles. The summed E-state index contributed by atoms with van der Waals surface area (Å²) < 4.78 is 5.50. The van der Waals surface area contributed by atoms with Crippen LogP contribution in [0.2, 0.25) is 5.02 Å². The molecule has 0 saturated carbocycles. The van der Waals surface area contributed by atoms with Gasteiger partial charge in [-0.2, -0.15) is 0 Å². The van der Waals surface area contributed by atoms with Crippen molar-refractivity contribution < 1.29 is 29.3 Å². The first-order chi connectivity index (χ1) is 16.3. The van der Waals surface area contributed by atoms with Gasteiger partial charge in [-0.25, -0.2) is 9.59 Å². The zero-order valence-electron chi connectivity index (χ0n) is 17.8. The minimum absolute atomic E-state index is 0.0824. The Kier molecular flexibility index (Phi) is 6.81. The molecule has 0 aromatic heterocycles. The van der Waals surface area contributed by atoms with Crippen molar-refractivity contribution >= 4 is 35.3 Å². The van der Waals surface area contributed by atoms with E-state index in [1.807, 2.05) is 48.5 Å². The molecule has 8 nitrogen and oxygen atoms in total. The summed E-state index contributed by atoms with van der Waals surface area (Å²) in [5.41, 5.74) is 4.72. The maximum Gasteiger partial charge on any atom is 0.411 e. The predicted molar refractivity (Wildman–Crippen MR) is 126 cm³/mol. The average Bonchev–Trinajstić information content (AvgIpc) is 3.14. The van der Waals surface area contributed by atoms with Crippen LogP contribution in [0.3, 0.4) is 0 Å². The van der Waals surface area contributed by atoms with Crippen LogP contribution in [0, 0.1) is 0 Å². The van der Waals surface area contributed by atoms with Crippen molar-refractivity contribution in [3.8, 4) is 11.1 Å². The molecule has 0 fully saturated rings. The molecule has 0 unspecified atom stereocenters. The fraction of sp³-hybridized carbons (Fsp3) is 0.160. The highest BCUT2D eigenvalue weighted by molar-refractivity contribution is 6.31. The lowest BCUT2D eigenvalue weighted by Gasteiger charge is -2.15. The summed E-state index contributed by atoms with van der Waals surface area (Å²) in [5, 5.41) is 23.1. The molecule has 3 aromatic rings. The Morgan fingerprint density at radius 2 is 1.59 bits per heavy atom. The van der Waals surface area contributed by atoms with Gasteiger partial charge in [0, 0.05) is 22.2 Å². The molecule has 2 amide bonds. The summed E-state index contributed by atoms with van der Waals surface area (Å²) in [6.07, 6.45) is -2.45. The van der Waals surface area contributed by atoms with Gasteiger partial charge in [-0.15, -0.1) is 0 Å². The van der Waals surface area contributed by atoms with Gasteiger partial charge in [0.15, 0.2) is 6.10 Å². The van der Waals surface area contributed by atoms with E-state index in [1.54, 1.807) is 0 Å². The molecule has 0 bridgehead atoms. The lowest BCUT2D eigenvalue weighted by Crippen LogP contribution is -2.36. The summed E-state index contributed by atoms with van der Waals surface area (Å²) in [7, 11) is 0. The van der Waals surface area contributed by atoms with Crippen LogP contribution in [0.5, 0.6) is 0 Å². The van der Waals surface area contributed by atoms with E-state index >= 15 is 0 Å². The van der Waals surface area contributed by atoms with Crippen LogP contribution >= 0.6 is 11.6 Å². The van der Waals surface area contributed by atoms with Crippen molar-refractivity contribution in [1.82, 2.24) is 5.32 Å². The van der Waals surface area contributed by atoms with Crippen LogP contribution in [-0.2, 0) is 9.53 Å². The first-order valence-corrected chi connectivity index (χ1v) is 10.8. The number of amides is 2. The van der Waals surface area contributed by atoms with Crippen LogP contribution in [0.1, 0.15) is 27.4 Å². The van der Waals surface area contributed by atoms with E-state index in [4.69, 9.17) is 21.4 Å². The Morgan fingerprint density at radius 1 is 0.971 bits per heavy atom. The molecule has 174 valence electrons. The van der Waals surface area contributed by atoms with Gasteiger partial charge in [0.05, 0.1) is 6.54 Å². The molecular formula is C25H21ClN2O6. The molecule has 0 radical (unpaired) electrons. The lowest BCUT2D eigenvalue weighted by molar-refractivity contribution is -0.146. The summed E-state index contributed by atoms with van der Waals surface area (Å²) in [6, 6.07) is 20.1. The number of carboxylic acid groups (broad SMARTS) is 1. The van der Waals surface area contributed by atoms with Crippen molar-refractivity contribution in [2.24, 2.45) is 0 Å². The summed E-state index contributed by atoms with van der Waals surface area (Å²) in [6.45, 7) is -0.351. The van der Waals surface area contributed by atoms with Gasteiger partial charge in [0.2, 0.25) is 0 Å². The number of halogens is 1. The van der Waals surface area contributed by atoms with Gasteiger partial charge in [-0.3, -0.25) is 10.1 Å². The average molecular weight is 481 g/mol. The van der Waals surface area contributed by atoms with Crippen molar-refractivity contribution in [1.29, 1.82) is 0 Å². The molecular weight excluding hydrogens is 460 g/mol. The van der Waals surface area contributed by atoms with Gasteiger partial charge < -0.3 is 20.3 Å². The maximum absolute atomic E-state index is 12.5. The van der Waals surface area contributed by atoms with Crippen molar-refractivity contribution in [2.45, 2.75) is 12.0 Å². The van der Waals surface area contributed by atoms with Gasteiger partial charge in [-0.05, 0) is 40.5 Å². The number of rotatable bonds is 7. The van der Waals surface area contributed by atoms with Crippen LogP contribution in [0.4, 0.5) is 10.5 Å². The second-order valence-corrected chi connectivity index (χ2v) is 8.18. The Labute approximate surface area is 200 Å². The maximum atomic E-state index is 12.5. The van der Waals surface area contributed by atoms with Gasteiger partial charge in [-0.1, -0.05) is 60.1 Å². The van der Waals surface area contributed by atoms with Crippen LogP contribution < -0.4 is 10.6 Å². The van der Waals surface area contributed by atoms with E-state index in [1.165, 1.54) is 18.2 Å². The van der Waals surface area contributed by atoms with E-state index in [9.17, 15) is 19.5 Å². The van der Waals surface area contributed by atoms with Gasteiger partial charge in [0.25, 0.3) is 5.91 Å². The largest absolute Gasteiger partial charge is 0.479 e. The SMILES string of the molecule is O=C(Nc1cc(Cl)cc(C(=O)NC[C@H](O)C(=O)O)c1)OCC1c2ccccc2-c2ccccc21.